The molecule has 2 nitrogen and oxygen atoms in total. The molecule has 0 aliphatic carbocycles. The second-order valence-electron chi connectivity index (χ2n) is 3.96. The number of rotatable bonds is 3. The molecular weight excluding hydrogens is 356 g/mol. The van der Waals surface area contributed by atoms with Crippen molar-refractivity contribution < 1.29 is 9.18 Å². The number of carbonyl (C=O) groups excluding carboxylic acids is 1. The van der Waals surface area contributed by atoms with Gasteiger partial charge < -0.3 is 0 Å². The van der Waals surface area contributed by atoms with Gasteiger partial charge >= 0.3 is 0 Å². The fraction of sp³-hybridized carbons (Fsp3) is 0.0667. The summed E-state index contributed by atoms with van der Waals surface area (Å²) in [5.74, 6) is -2.03. The van der Waals surface area contributed by atoms with Crippen molar-refractivity contribution in [1.82, 2.24) is 0 Å². The van der Waals surface area contributed by atoms with Crippen molar-refractivity contribution in [2.45, 2.75) is 5.92 Å². The number of carbonyl (C=O) groups is 1. The molecule has 0 radical (unpaired) electrons. The molecule has 0 fully saturated rings. The van der Waals surface area contributed by atoms with E-state index in [-0.39, 0.29) is 11.3 Å². The van der Waals surface area contributed by atoms with Gasteiger partial charge in [-0.3, -0.25) is 4.79 Å². The fourth-order valence-electron chi connectivity index (χ4n) is 1.79. The molecule has 0 saturated carbocycles. The van der Waals surface area contributed by atoms with Crippen molar-refractivity contribution in [3.63, 3.8) is 0 Å². The van der Waals surface area contributed by atoms with Crippen LogP contribution in [0.1, 0.15) is 21.8 Å². The van der Waals surface area contributed by atoms with Crippen LogP contribution in [0.4, 0.5) is 4.39 Å². The summed E-state index contributed by atoms with van der Waals surface area (Å²) in [6.45, 7) is 0. The standard InChI is InChI=1S/C15H9FINO/c16-14-7-2-1-6-12(14)13(9-18)15(19)10-4-3-5-11(17)8-10/h1-8,13H. The van der Waals surface area contributed by atoms with Crippen molar-refractivity contribution >= 4 is 28.4 Å². The molecule has 0 amide bonds. The molecule has 0 spiro atoms. The summed E-state index contributed by atoms with van der Waals surface area (Å²) in [6.07, 6.45) is 0. The van der Waals surface area contributed by atoms with Crippen LogP contribution in [0.2, 0.25) is 0 Å². The van der Waals surface area contributed by atoms with Crippen molar-refractivity contribution in [1.29, 1.82) is 5.26 Å². The van der Waals surface area contributed by atoms with Gasteiger partial charge in [0.15, 0.2) is 5.78 Å². The molecule has 0 aliphatic rings. The number of hydrogen-bond donors (Lipinski definition) is 0. The molecule has 0 N–H and O–H groups in total. The maximum atomic E-state index is 13.7. The van der Waals surface area contributed by atoms with Crippen LogP contribution in [-0.4, -0.2) is 5.78 Å². The Morgan fingerprint density at radius 1 is 1.21 bits per heavy atom. The van der Waals surface area contributed by atoms with Gasteiger partial charge in [-0.2, -0.15) is 5.26 Å². The summed E-state index contributed by atoms with van der Waals surface area (Å²) in [4.78, 5) is 12.3. The summed E-state index contributed by atoms with van der Waals surface area (Å²) >= 11 is 2.09. The minimum Gasteiger partial charge on any atom is -0.292 e. The van der Waals surface area contributed by atoms with Gasteiger partial charge in [0.25, 0.3) is 0 Å². The number of ketones is 1. The molecule has 4 heteroatoms. The maximum Gasteiger partial charge on any atom is 0.184 e. The molecule has 1 atom stereocenters. The molecule has 94 valence electrons. The third-order valence-corrected chi connectivity index (χ3v) is 3.39. The van der Waals surface area contributed by atoms with Gasteiger partial charge in [-0.05, 0) is 40.8 Å². The zero-order valence-electron chi connectivity index (χ0n) is 9.81. The average molecular weight is 365 g/mol. The average Bonchev–Trinajstić information content (AvgIpc) is 2.41. The zero-order valence-corrected chi connectivity index (χ0v) is 12.0. The lowest BCUT2D eigenvalue weighted by molar-refractivity contribution is 0.0977. The van der Waals surface area contributed by atoms with Crippen LogP contribution < -0.4 is 0 Å². The lowest BCUT2D eigenvalue weighted by atomic mass is 9.91. The molecule has 19 heavy (non-hydrogen) atoms. The SMILES string of the molecule is N#CC(C(=O)c1cccc(I)c1)c1ccccc1F. The number of benzene rings is 2. The van der Waals surface area contributed by atoms with Gasteiger partial charge in [-0.1, -0.05) is 30.3 Å². The van der Waals surface area contributed by atoms with Crippen LogP contribution in [0.3, 0.4) is 0 Å². The molecule has 0 aromatic heterocycles. The summed E-state index contributed by atoms with van der Waals surface area (Å²) in [5.41, 5.74) is 0.538. The lowest BCUT2D eigenvalue weighted by Gasteiger charge is -2.09. The van der Waals surface area contributed by atoms with Gasteiger partial charge in [0.05, 0.1) is 6.07 Å². The summed E-state index contributed by atoms with van der Waals surface area (Å²) in [5, 5.41) is 9.17. The topological polar surface area (TPSA) is 40.9 Å². The summed E-state index contributed by atoms with van der Waals surface area (Å²) in [6, 6.07) is 14.7. The smallest absolute Gasteiger partial charge is 0.184 e. The van der Waals surface area contributed by atoms with Gasteiger partial charge in [0.2, 0.25) is 0 Å². The highest BCUT2D eigenvalue weighted by Gasteiger charge is 2.24. The van der Waals surface area contributed by atoms with E-state index in [0.29, 0.717) is 5.56 Å². The Labute approximate surface area is 124 Å². The second-order valence-corrected chi connectivity index (χ2v) is 5.20. The predicted molar refractivity (Wildman–Crippen MR) is 78.2 cm³/mol. The molecule has 0 aliphatic heterocycles. The van der Waals surface area contributed by atoms with Crippen LogP contribution >= 0.6 is 22.6 Å². The zero-order chi connectivity index (χ0) is 13.8. The van der Waals surface area contributed by atoms with E-state index in [9.17, 15) is 9.18 Å². The third kappa shape index (κ3) is 2.99. The Morgan fingerprint density at radius 3 is 2.58 bits per heavy atom. The minimum absolute atomic E-state index is 0.119. The predicted octanol–water partition coefficient (Wildman–Crippen LogP) is 3.92. The largest absolute Gasteiger partial charge is 0.292 e. The van der Waals surface area contributed by atoms with E-state index in [1.165, 1.54) is 18.2 Å². The van der Waals surface area contributed by atoms with Crippen LogP contribution in [0, 0.1) is 20.7 Å². The van der Waals surface area contributed by atoms with Crippen LogP contribution in [0.15, 0.2) is 48.5 Å². The first-order valence-electron chi connectivity index (χ1n) is 5.57. The van der Waals surface area contributed by atoms with E-state index in [2.05, 4.69) is 22.6 Å². The highest BCUT2D eigenvalue weighted by molar-refractivity contribution is 14.1. The second kappa shape index (κ2) is 5.93. The maximum absolute atomic E-state index is 13.7. The monoisotopic (exact) mass is 365 g/mol. The fourth-order valence-corrected chi connectivity index (χ4v) is 2.33. The molecule has 2 rings (SSSR count). The lowest BCUT2D eigenvalue weighted by Crippen LogP contribution is -2.12. The van der Waals surface area contributed by atoms with E-state index in [4.69, 9.17) is 5.26 Å². The van der Waals surface area contributed by atoms with Crippen molar-refractivity contribution in [3.05, 3.63) is 69.0 Å². The summed E-state index contributed by atoms with van der Waals surface area (Å²) < 4.78 is 14.6. The Morgan fingerprint density at radius 2 is 1.95 bits per heavy atom. The number of halogens is 2. The van der Waals surface area contributed by atoms with E-state index in [1.807, 2.05) is 12.1 Å². The Balaban J connectivity index is 2.42. The highest BCUT2D eigenvalue weighted by Crippen LogP contribution is 2.23. The van der Waals surface area contributed by atoms with Crippen molar-refractivity contribution in [2.24, 2.45) is 0 Å². The van der Waals surface area contributed by atoms with Crippen LogP contribution in [-0.2, 0) is 0 Å². The highest BCUT2D eigenvalue weighted by atomic mass is 127. The Bertz CT molecular complexity index is 663. The number of hydrogen-bond acceptors (Lipinski definition) is 2. The normalized spacial score (nSPS) is 11.6. The molecule has 0 saturated heterocycles. The van der Waals surface area contributed by atoms with E-state index < -0.39 is 11.7 Å². The minimum atomic E-state index is -1.11. The summed E-state index contributed by atoms with van der Waals surface area (Å²) in [7, 11) is 0. The van der Waals surface area contributed by atoms with E-state index >= 15 is 0 Å². The molecule has 0 heterocycles. The van der Waals surface area contributed by atoms with Crippen LogP contribution in [0.5, 0.6) is 0 Å². The van der Waals surface area contributed by atoms with Crippen molar-refractivity contribution in [3.8, 4) is 6.07 Å². The molecule has 0 bridgehead atoms. The van der Waals surface area contributed by atoms with Crippen LogP contribution in [0.25, 0.3) is 0 Å². The van der Waals surface area contributed by atoms with Crippen molar-refractivity contribution in [2.75, 3.05) is 0 Å². The Hall–Kier alpha value is -1.74. The van der Waals surface area contributed by atoms with Gasteiger partial charge in [-0.25, -0.2) is 4.39 Å². The van der Waals surface area contributed by atoms with Gasteiger partial charge in [0.1, 0.15) is 11.7 Å². The molecule has 2 aromatic carbocycles. The van der Waals surface area contributed by atoms with E-state index in [0.717, 1.165) is 3.57 Å². The third-order valence-electron chi connectivity index (χ3n) is 2.72. The molecular formula is C15H9FINO. The van der Waals surface area contributed by atoms with Gasteiger partial charge in [0, 0.05) is 14.7 Å². The number of nitrogens with zero attached hydrogens (tertiary/aromatic N) is 1. The quantitative estimate of drug-likeness (QED) is 0.611. The first-order valence-corrected chi connectivity index (χ1v) is 6.65. The Kier molecular flexibility index (Phi) is 4.27. The number of nitriles is 1. The molecule has 1 unspecified atom stereocenters. The number of Topliss-reactive ketones (excluding diaryl/α,β-unsaturated/α-hetero) is 1. The molecule has 2 aromatic rings. The first-order chi connectivity index (χ1) is 9.13. The first kappa shape index (κ1) is 13.7. The van der Waals surface area contributed by atoms with E-state index in [1.54, 1.807) is 24.3 Å². The van der Waals surface area contributed by atoms with Gasteiger partial charge in [-0.15, -0.1) is 0 Å².